The van der Waals surface area contributed by atoms with Gasteiger partial charge in [0.05, 0.1) is 26.5 Å². The van der Waals surface area contributed by atoms with E-state index < -0.39 is 43.2 Å². The van der Waals surface area contributed by atoms with Gasteiger partial charge in [-0.3, -0.25) is 0 Å². The second kappa shape index (κ2) is 6.30. The number of rotatable bonds is 2. The molecular formula is C8H4Cl2F3NaO3S. The van der Waals surface area contributed by atoms with Gasteiger partial charge >= 0.3 is 35.7 Å². The first-order valence-corrected chi connectivity index (χ1v) is 6.33. The molecule has 0 unspecified atom stereocenters. The third-order valence-corrected chi connectivity index (χ3v) is 3.12. The number of hydrogen-bond donors (Lipinski definition) is 0. The average Bonchev–Trinajstić information content (AvgIpc) is 2.06. The molecule has 0 radical (unpaired) electrons. The molecule has 0 aliphatic rings. The molecule has 0 aromatic heterocycles. The molecule has 0 N–H and O–H groups in total. The zero-order valence-corrected chi connectivity index (χ0v) is 13.2. The van der Waals surface area contributed by atoms with Crippen molar-refractivity contribution in [1.29, 1.82) is 0 Å². The van der Waals surface area contributed by atoms with Gasteiger partial charge in [0, 0.05) is 5.02 Å². The molecule has 1 rings (SSSR count). The van der Waals surface area contributed by atoms with Crippen LogP contribution in [0.4, 0.5) is 13.2 Å². The minimum atomic E-state index is -4.89. The Balaban J connectivity index is 0.00000289. The third kappa shape index (κ3) is 4.88. The number of alkyl halides is 3. The fourth-order valence-electron chi connectivity index (χ4n) is 1.22. The first-order valence-electron chi connectivity index (χ1n) is 4.00. The molecule has 0 bridgehead atoms. The Bertz CT molecular complexity index is 545. The molecular weight excluding hydrogens is 327 g/mol. The predicted molar refractivity (Wildman–Crippen MR) is 54.9 cm³/mol. The van der Waals surface area contributed by atoms with Crippen molar-refractivity contribution in [2.45, 2.75) is 11.9 Å². The molecule has 96 valence electrons. The van der Waals surface area contributed by atoms with Crippen molar-refractivity contribution in [2.24, 2.45) is 0 Å². The molecule has 0 saturated carbocycles. The molecule has 0 heterocycles. The van der Waals surface area contributed by atoms with E-state index in [1.54, 1.807) is 0 Å². The van der Waals surface area contributed by atoms with Crippen molar-refractivity contribution in [2.75, 3.05) is 0 Å². The molecule has 18 heavy (non-hydrogen) atoms. The van der Waals surface area contributed by atoms with Crippen molar-refractivity contribution < 1.29 is 55.7 Å². The zero-order chi connectivity index (χ0) is 13.4. The number of benzene rings is 1. The van der Waals surface area contributed by atoms with Crippen LogP contribution in [0.25, 0.3) is 0 Å². The molecule has 10 heteroatoms. The fourth-order valence-corrected chi connectivity index (χ4v) is 2.46. The Hall–Kier alpha value is 0.500. The van der Waals surface area contributed by atoms with Gasteiger partial charge in [0.2, 0.25) is 0 Å². The largest absolute Gasteiger partial charge is 1.00 e. The first-order chi connectivity index (χ1) is 7.52. The van der Waals surface area contributed by atoms with Gasteiger partial charge in [0.1, 0.15) is 0 Å². The van der Waals surface area contributed by atoms with E-state index in [1.807, 2.05) is 0 Å². The Kier molecular flexibility index (Phi) is 6.47. The second-order valence-corrected chi connectivity index (χ2v) is 5.30. The molecule has 0 aliphatic heterocycles. The van der Waals surface area contributed by atoms with Crippen molar-refractivity contribution in [3.63, 3.8) is 0 Å². The molecule has 0 saturated heterocycles. The SMILES string of the molecule is O=S(=O)([O-])Cc1c(Cl)ccc(Cl)c1C(F)(F)F.[Na+]. The monoisotopic (exact) mass is 330 g/mol. The molecule has 0 atom stereocenters. The summed E-state index contributed by atoms with van der Waals surface area (Å²) in [6.07, 6.45) is -4.89. The van der Waals surface area contributed by atoms with Crippen LogP contribution in [0.2, 0.25) is 10.0 Å². The minimum Gasteiger partial charge on any atom is -0.748 e. The van der Waals surface area contributed by atoms with E-state index in [0.717, 1.165) is 12.1 Å². The maximum absolute atomic E-state index is 12.6. The van der Waals surface area contributed by atoms with Crippen LogP contribution in [-0.2, 0) is 22.0 Å². The van der Waals surface area contributed by atoms with Gasteiger partial charge in [0.25, 0.3) is 0 Å². The van der Waals surface area contributed by atoms with Crippen molar-refractivity contribution in [3.05, 3.63) is 33.3 Å². The quantitative estimate of drug-likeness (QED) is 0.569. The normalized spacial score (nSPS) is 12.1. The topological polar surface area (TPSA) is 57.2 Å². The van der Waals surface area contributed by atoms with Gasteiger partial charge < -0.3 is 4.55 Å². The fraction of sp³-hybridized carbons (Fsp3) is 0.250. The van der Waals surface area contributed by atoms with Crippen molar-refractivity contribution in [1.82, 2.24) is 0 Å². The van der Waals surface area contributed by atoms with Crippen LogP contribution in [0.1, 0.15) is 11.1 Å². The van der Waals surface area contributed by atoms with Crippen LogP contribution in [0.5, 0.6) is 0 Å². The summed E-state index contributed by atoms with van der Waals surface area (Å²) in [6.45, 7) is 0. The second-order valence-electron chi connectivity index (χ2n) is 3.08. The summed E-state index contributed by atoms with van der Waals surface area (Å²) in [5.74, 6) is -1.36. The standard InChI is InChI=1S/C8H5Cl2F3O3S.Na/c9-5-1-2-6(10)7(8(11,12)13)4(5)3-17(14,15)16;/h1-2H,3H2,(H,14,15,16);/q;+1/p-1. The van der Waals surface area contributed by atoms with Crippen LogP contribution in [0.3, 0.4) is 0 Å². The molecule has 3 nitrogen and oxygen atoms in total. The maximum atomic E-state index is 12.6. The van der Waals surface area contributed by atoms with Gasteiger partial charge in [0.15, 0.2) is 0 Å². The molecule has 1 aromatic rings. The van der Waals surface area contributed by atoms with Gasteiger partial charge in [-0.1, -0.05) is 23.2 Å². The predicted octanol–water partition coefficient (Wildman–Crippen LogP) is 0.0614. The van der Waals surface area contributed by atoms with E-state index >= 15 is 0 Å². The summed E-state index contributed by atoms with van der Waals surface area (Å²) in [5.41, 5.74) is -2.23. The molecule has 0 aliphatic carbocycles. The van der Waals surface area contributed by atoms with Crippen LogP contribution in [0, 0.1) is 0 Å². The zero-order valence-electron chi connectivity index (χ0n) is 8.88. The summed E-state index contributed by atoms with van der Waals surface area (Å²) >= 11 is 10.8. The minimum absolute atomic E-state index is 0. The van der Waals surface area contributed by atoms with Crippen LogP contribution in [0.15, 0.2) is 12.1 Å². The van der Waals surface area contributed by atoms with E-state index in [2.05, 4.69) is 0 Å². The van der Waals surface area contributed by atoms with Crippen LogP contribution in [-0.4, -0.2) is 13.0 Å². The van der Waals surface area contributed by atoms with Crippen molar-refractivity contribution >= 4 is 33.3 Å². The van der Waals surface area contributed by atoms with E-state index in [1.165, 1.54) is 0 Å². The van der Waals surface area contributed by atoms with Gasteiger partial charge in [-0.05, 0) is 17.7 Å². The van der Waals surface area contributed by atoms with E-state index in [4.69, 9.17) is 23.2 Å². The molecule has 0 spiro atoms. The number of halogens is 5. The molecule has 0 amide bonds. The Labute approximate surface area is 133 Å². The van der Waals surface area contributed by atoms with Gasteiger partial charge in [-0.25, -0.2) is 8.42 Å². The summed E-state index contributed by atoms with van der Waals surface area (Å²) in [7, 11) is -4.89. The summed E-state index contributed by atoms with van der Waals surface area (Å²) in [4.78, 5) is 0. The summed E-state index contributed by atoms with van der Waals surface area (Å²) in [5, 5.41) is -1.18. The van der Waals surface area contributed by atoms with Gasteiger partial charge in [-0.2, -0.15) is 13.2 Å². The van der Waals surface area contributed by atoms with Crippen LogP contribution >= 0.6 is 23.2 Å². The maximum Gasteiger partial charge on any atom is 1.00 e. The number of hydrogen-bond acceptors (Lipinski definition) is 3. The van der Waals surface area contributed by atoms with E-state index in [9.17, 15) is 26.1 Å². The van der Waals surface area contributed by atoms with E-state index in [0.29, 0.717) is 0 Å². The first kappa shape index (κ1) is 18.5. The van der Waals surface area contributed by atoms with Crippen LogP contribution < -0.4 is 29.6 Å². The molecule has 0 fully saturated rings. The molecule has 1 aromatic carbocycles. The van der Waals surface area contributed by atoms with Gasteiger partial charge in [-0.15, -0.1) is 0 Å². The third-order valence-electron chi connectivity index (χ3n) is 1.81. The van der Waals surface area contributed by atoms with E-state index in [-0.39, 0.29) is 29.6 Å². The summed E-state index contributed by atoms with van der Waals surface area (Å²) in [6, 6.07) is 1.88. The Morgan fingerprint density at radius 1 is 1.17 bits per heavy atom. The Morgan fingerprint density at radius 3 is 2.00 bits per heavy atom. The smallest absolute Gasteiger partial charge is 0.748 e. The summed E-state index contributed by atoms with van der Waals surface area (Å²) < 4.78 is 69.4. The Morgan fingerprint density at radius 2 is 1.61 bits per heavy atom. The average molecular weight is 331 g/mol. The van der Waals surface area contributed by atoms with Crippen molar-refractivity contribution in [3.8, 4) is 0 Å².